The second-order valence-corrected chi connectivity index (χ2v) is 9.22. The molecule has 2 heterocycles. The van der Waals surface area contributed by atoms with E-state index in [2.05, 4.69) is 14.8 Å². The summed E-state index contributed by atoms with van der Waals surface area (Å²) in [5.74, 6) is -0.974. The third-order valence-electron chi connectivity index (χ3n) is 5.72. The molecule has 7 nitrogen and oxygen atoms in total. The van der Waals surface area contributed by atoms with E-state index in [1.807, 2.05) is 0 Å². The number of hydrogen-bond donors (Lipinski definition) is 3. The number of hydrogen-bond acceptors (Lipinski definition) is 6. The number of carbonyl (C=O) groups excluding carboxylic acids is 1. The number of para-hydroxylation sites is 1. The van der Waals surface area contributed by atoms with Gasteiger partial charge >= 0.3 is 0 Å². The van der Waals surface area contributed by atoms with Crippen molar-refractivity contribution >= 4 is 51.7 Å². The van der Waals surface area contributed by atoms with Crippen LogP contribution in [0.2, 0.25) is 5.02 Å². The molecule has 2 aromatic heterocycles. The number of aryl methyl sites for hydroxylation is 1. The highest BCUT2D eigenvalue weighted by Gasteiger charge is 2.23. The highest BCUT2D eigenvalue weighted by molar-refractivity contribution is 7.99. The Balaban J connectivity index is 1.47. The first-order chi connectivity index (χ1) is 17.8. The van der Waals surface area contributed by atoms with Crippen LogP contribution < -0.4 is 15.2 Å². The number of nitrogens with one attached hydrogen (secondary N) is 2. The summed E-state index contributed by atoms with van der Waals surface area (Å²) in [6.07, 6.45) is 3.05. The van der Waals surface area contributed by atoms with E-state index >= 15 is 4.39 Å². The monoisotopic (exact) mass is 539 g/mol. The lowest BCUT2D eigenvalue weighted by Crippen LogP contribution is -2.10. The topological polar surface area (TPSA) is 98.0 Å². The molecule has 0 saturated heterocycles. The van der Waals surface area contributed by atoms with Crippen molar-refractivity contribution in [1.29, 1.82) is 0 Å². The van der Waals surface area contributed by atoms with E-state index in [9.17, 15) is 9.18 Å². The second kappa shape index (κ2) is 9.79. The van der Waals surface area contributed by atoms with Crippen LogP contribution in [-0.4, -0.2) is 26.8 Å². The predicted molar refractivity (Wildman–Crippen MR) is 143 cm³/mol. The second-order valence-electron chi connectivity index (χ2n) is 8.20. The zero-order chi connectivity index (χ0) is 26.3. The van der Waals surface area contributed by atoms with Gasteiger partial charge in [0.15, 0.2) is 5.82 Å². The number of nitrogens with zero attached hydrogens (tertiary/aromatic N) is 2. The number of rotatable bonds is 7. The Morgan fingerprint density at radius 3 is 2.68 bits per heavy atom. The van der Waals surface area contributed by atoms with E-state index in [1.54, 1.807) is 55.6 Å². The molecule has 11 heteroatoms. The number of anilines is 2. The number of aromatic nitrogens is 3. The maximum Gasteiger partial charge on any atom is 0.214 e. The fourth-order valence-corrected chi connectivity index (χ4v) is 4.56. The van der Waals surface area contributed by atoms with Gasteiger partial charge in [-0.15, -0.1) is 0 Å². The fourth-order valence-electron chi connectivity index (χ4n) is 4.01. The first-order valence-electron chi connectivity index (χ1n) is 11.0. The van der Waals surface area contributed by atoms with Gasteiger partial charge in [-0.05, 0) is 42.8 Å². The highest BCUT2D eigenvalue weighted by atomic mass is 35.5. The number of fused-ring (bicyclic) bond motifs is 1. The van der Waals surface area contributed by atoms with Crippen molar-refractivity contribution in [2.24, 2.45) is 0 Å². The van der Waals surface area contributed by atoms with Crippen molar-refractivity contribution in [2.75, 3.05) is 16.7 Å². The molecular weight excluding hydrogens is 520 g/mol. The van der Waals surface area contributed by atoms with Crippen LogP contribution in [0.4, 0.5) is 20.3 Å². The molecule has 0 radical (unpaired) electrons. The number of aromatic amines is 1. The average molecular weight is 540 g/mol. The normalized spacial score (nSPS) is 11.2. The molecule has 0 bridgehead atoms. The number of halogens is 3. The fraction of sp³-hybridized carbons (Fsp3) is 0.0769. The van der Waals surface area contributed by atoms with Crippen LogP contribution >= 0.6 is 23.5 Å². The lowest BCUT2D eigenvalue weighted by atomic mass is 10.1. The number of nitrogens with two attached hydrogens (primary N) is 1. The quantitative estimate of drug-likeness (QED) is 0.154. The molecule has 0 spiro atoms. The Kier molecular flexibility index (Phi) is 6.53. The van der Waals surface area contributed by atoms with E-state index in [0.29, 0.717) is 32.9 Å². The minimum Gasteiger partial charge on any atom is -0.456 e. The van der Waals surface area contributed by atoms with Gasteiger partial charge in [0.05, 0.1) is 28.2 Å². The van der Waals surface area contributed by atoms with E-state index in [1.165, 1.54) is 35.0 Å². The zero-order valence-electron chi connectivity index (χ0n) is 19.6. The Hall–Kier alpha value is -4.02. The summed E-state index contributed by atoms with van der Waals surface area (Å²) in [5, 5.41) is 5.20. The minimum absolute atomic E-state index is 0.0404. The number of ether oxygens (including phenoxy) is 1. The average Bonchev–Trinajstić information content (AvgIpc) is 3.43. The van der Waals surface area contributed by atoms with Crippen LogP contribution in [-0.2, 0) is 0 Å². The summed E-state index contributed by atoms with van der Waals surface area (Å²) in [4.78, 5) is 16.2. The lowest BCUT2D eigenvalue weighted by molar-refractivity contribution is 0.103. The molecule has 0 saturated carbocycles. The Labute approximate surface area is 219 Å². The van der Waals surface area contributed by atoms with Crippen molar-refractivity contribution in [2.45, 2.75) is 6.92 Å². The number of nitrogen functional groups attached to an aromatic ring is 1. The number of ketones is 1. The van der Waals surface area contributed by atoms with Crippen LogP contribution in [0.5, 0.6) is 11.5 Å². The standard InChI is InChI=1S/C26H20ClF2N5O2S/c1-13-7-15(36-23-6-4-3-5-17(23)27)10-19(29)24(13)34-26(30)16(12-31-34)25(35)22-9-14-8-21(33-37-2)18(28)11-20(14)32-22/h3-12,32-33H,30H2,1-2H3. The summed E-state index contributed by atoms with van der Waals surface area (Å²) in [7, 11) is 0. The molecule has 5 rings (SSSR count). The summed E-state index contributed by atoms with van der Waals surface area (Å²) in [5.41, 5.74) is 7.84. The van der Waals surface area contributed by atoms with E-state index in [-0.39, 0.29) is 28.5 Å². The van der Waals surface area contributed by atoms with Gasteiger partial charge in [0, 0.05) is 29.3 Å². The minimum atomic E-state index is -0.647. The van der Waals surface area contributed by atoms with Crippen LogP contribution in [0.1, 0.15) is 21.6 Å². The molecule has 0 amide bonds. The summed E-state index contributed by atoms with van der Waals surface area (Å²) in [6.45, 7) is 1.67. The van der Waals surface area contributed by atoms with Crippen molar-refractivity contribution in [3.8, 4) is 17.2 Å². The first-order valence-corrected chi connectivity index (χ1v) is 12.6. The molecule has 0 aliphatic rings. The van der Waals surface area contributed by atoms with E-state index in [4.69, 9.17) is 22.1 Å². The van der Waals surface area contributed by atoms with Gasteiger partial charge in [0.2, 0.25) is 5.78 Å². The molecule has 37 heavy (non-hydrogen) atoms. The molecule has 0 aliphatic heterocycles. The molecule has 5 aromatic rings. The predicted octanol–water partition coefficient (Wildman–Crippen LogP) is 6.89. The third-order valence-corrected chi connectivity index (χ3v) is 6.46. The van der Waals surface area contributed by atoms with Crippen LogP contribution in [0.15, 0.2) is 60.8 Å². The van der Waals surface area contributed by atoms with Crippen molar-refractivity contribution in [3.63, 3.8) is 0 Å². The van der Waals surface area contributed by atoms with Gasteiger partial charge < -0.3 is 20.2 Å². The van der Waals surface area contributed by atoms with Gasteiger partial charge in [-0.3, -0.25) is 4.79 Å². The summed E-state index contributed by atoms with van der Waals surface area (Å²) >= 11 is 7.39. The summed E-state index contributed by atoms with van der Waals surface area (Å²) < 4.78 is 39.3. The van der Waals surface area contributed by atoms with Gasteiger partial charge in [-0.25, -0.2) is 13.5 Å². The first kappa shape index (κ1) is 24.7. The molecule has 3 aromatic carbocycles. The number of benzene rings is 3. The molecule has 0 aliphatic carbocycles. The van der Waals surface area contributed by atoms with Gasteiger partial charge in [-0.2, -0.15) is 5.10 Å². The van der Waals surface area contributed by atoms with Crippen molar-refractivity contribution in [3.05, 3.63) is 94.3 Å². The third kappa shape index (κ3) is 4.61. The Bertz CT molecular complexity index is 1640. The molecule has 0 unspecified atom stereocenters. The molecule has 0 fully saturated rings. The van der Waals surface area contributed by atoms with Crippen LogP contribution in [0.25, 0.3) is 16.6 Å². The molecule has 0 atom stereocenters. The molecular formula is C26H20ClF2N5O2S. The van der Waals surface area contributed by atoms with E-state index < -0.39 is 17.4 Å². The van der Waals surface area contributed by atoms with Gasteiger partial charge in [0.1, 0.15) is 28.8 Å². The number of H-pyrrole nitrogens is 1. The Morgan fingerprint density at radius 1 is 1.16 bits per heavy atom. The largest absolute Gasteiger partial charge is 0.456 e. The van der Waals surface area contributed by atoms with Gasteiger partial charge in [0.25, 0.3) is 0 Å². The van der Waals surface area contributed by atoms with Crippen LogP contribution in [0.3, 0.4) is 0 Å². The smallest absolute Gasteiger partial charge is 0.214 e. The van der Waals surface area contributed by atoms with Crippen molar-refractivity contribution < 1.29 is 18.3 Å². The highest BCUT2D eigenvalue weighted by Crippen LogP contribution is 2.33. The maximum atomic E-state index is 15.2. The molecule has 4 N–H and O–H groups in total. The Morgan fingerprint density at radius 2 is 1.95 bits per heavy atom. The van der Waals surface area contributed by atoms with Crippen molar-refractivity contribution in [1.82, 2.24) is 14.8 Å². The molecule has 188 valence electrons. The van der Waals surface area contributed by atoms with Crippen LogP contribution in [0, 0.1) is 18.6 Å². The van der Waals surface area contributed by atoms with Gasteiger partial charge in [-0.1, -0.05) is 35.7 Å². The zero-order valence-corrected chi connectivity index (χ0v) is 21.2. The SMILES string of the molecule is CSNc1cc2cc(C(=O)c3cnn(-c4c(C)cc(Oc5ccccc5Cl)cc4F)c3N)[nH]c2cc1F. The summed E-state index contributed by atoms with van der Waals surface area (Å²) in [6, 6.07) is 14.2. The number of carbonyl (C=O) groups is 1. The maximum absolute atomic E-state index is 15.2. The lowest BCUT2D eigenvalue weighted by Gasteiger charge is -2.13. The van der Waals surface area contributed by atoms with E-state index in [0.717, 1.165) is 0 Å².